The molecule has 1 unspecified atom stereocenters. The van der Waals surface area contributed by atoms with Crippen molar-refractivity contribution < 1.29 is 9.47 Å². The summed E-state index contributed by atoms with van der Waals surface area (Å²) in [5.74, 6) is 0.111. The van der Waals surface area contributed by atoms with Crippen molar-refractivity contribution in [1.29, 1.82) is 0 Å². The quantitative estimate of drug-likeness (QED) is 0.449. The van der Waals surface area contributed by atoms with Gasteiger partial charge in [0.25, 0.3) is 0 Å². The zero-order valence-corrected chi connectivity index (χ0v) is 8.54. The molecule has 0 amide bonds. The van der Waals surface area contributed by atoms with Gasteiger partial charge in [0.15, 0.2) is 0 Å². The molecule has 1 atom stereocenters. The van der Waals surface area contributed by atoms with E-state index in [0.29, 0.717) is 0 Å². The van der Waals surface area contributed by atoms with Crippen LogP contribution < -0.4 is 0 Å². The second-order valence-corrected chi connectivity index (χ2v) is 5.68. The lowest BCUT2D eigenvalue weighted by Gasteiger charge is -2.18. The lowest BCUT2D eigenvalue weighted by molar-refractivity contribution is -0.0469. The minimum absolute atomic E-state index is 0.111. The van der Waals surface area contributed by atoms with Gasteiger partial charge in [-0.15, -0.1) is 0 Å². The van der Waals surface area contributed by atoms with E-state index in [0.717, 1.165) is 0 Å². The van der Waals surface area contributed by atoms with Crippen molar-refractivity contribution in [3.8, 4) is 0 Å². The SMILES string of the molecule is CCC[SiH](C)C(OC)OC. The van der Waals surface area contributed by atoms with Gasteiger partial charge in [-0.05, 0) is 0 Å². The number of ether oxygens (including phenoxy) is 2. The predicted molar refractivity (Wildman–Crippen MR) is 45.9 cm³/mol. The van der Waals surface area contributed by atoms with Crippen LogP contribution in [0.3, 0.4) is 0 Å². The fourth-order valence-corrected chi connectivity index (χ4v) is 3.26. The van der Waals surface area contributed by atoms with Crippen molar-refractivity contribution >= 4 is 8.80 Å². The summed E-state index contributed by atoms with van der Waals surface area (Å²) in [5.41, 5.74) is 0. The van der Waals surface area contributed by atoms with E-state index in [1.165, 1.54) is 12.5 Å². The third kappa shape index (κ3) is 3.34. The number of rotatable bonds is 5. The van der Waals surface area contributed by atoms with Gasteiger partial charge in [0.2, 0.25) is 0 Å². The van der Waals surface area contributed by atoms with Gasteiger partial charge in [-0.3, -0.25) is 0 Å². The standard InChI is InChI=1S/C7H18O2Si/c1-5-6-10(4)7(8-2)9-3/h7,10H,5-6H2,1-4H3. The molecular weight excluding hydrogens is 144 g/mol. The van der Waals surface area contributed by atoms with Crippen molar-refractivity contribution in [3.05, 3.63) is 0 Å². The van der Waals surface area contributed by atoms with E-state index >= 15 is 0 Å². The molecular formula is C7H18O2Si. The van der Waals surface area contributed by atoms with Gasteiger partial charge in [-0.25, -0.2) is 0 Å². The fourth-order valence-electron chi connectivity index (χ4n) is 1.15. The van der Waals surface area contributed by atoms with E-state index in [9.17, 15) is 0 Å². The molecule has 0 saturated heterocycles. The zero-order chi connectivity index (χ0) is 7.98. The third-order valence-corrected chi connectivity index (χ3v) is 4.63. The van der Waals surface area contributed by atoms with Gasteiger partial charge in [-0.2, -0.15) is 0 Å². The molecule has 0 heterocycles. The highest BCUT2D eigenvalue weighted by molar-refractivity contribution is 6.58. The molecule has 0 fully saturated rings. The minimum atomic E-state index is -0.762. The van der Waals surface area contributed by atoms with Crippen LogP contribution in [0.15, 0.2) is 0 Å². The predicted octanol–water partition coefficient (Wildman–Crippen LogP) is 1.41. The van der Waals surface area contributed by atoms with Gasteiger partial charge in [0, 0.05) is 14.2 Å². The van der Waals surface area contributed by atoms with E-state index in [1.807, 2.05) is 0 Å². The third-order valence-electron chi connectivity index (χ3n) is 1.67. The summed E-state index contributed by atoms with van der Waals surface area (Å²) in [6.07, 6.45) is 1.25. The summed E-state index contributed by atoms with van der Waals surface area (Å²) < 4.78 is 10.3. The van der Waals surface area contributed by atoms with Crippen LogP contribution in [0, 0.1) is 0 Å². The highest BCUT2D eigenvalue weighted by atomic mass is 28.3. The van der Waals surface area contributed by atoms with Crippen molar-refractivity contribution in [3.63, 3.8) is 0 Å². The zero-order valence-electron chi connectivity index (χ0n) is 7.39. The summed E-state index contributed by atoms with van der Waals surface area (Å²) in [6, 6.07) is 1.30. The average molecular weight is 162 g/mol. The maximum Gasteiger partial charge on any atom is 0.137 e. The number of hydrogen-bond donors (Lipinski definition) is 0. The van der Waals surface area contributed by atoms with Crippen molar-refractivity contribution in [1.82, 2.24) is 0 Å². The molecule has 2 nitrogen and oxygen atoms in total. The molecule has 0 bridgehead atoms. The maximum absolute atomic E-state index is 5.15. The monoisotopic (exact) mass is 162 g/mol. The van der Waals surface area contributed by atoms with Crippen LogP contribution >= 0.6 is 0 Å². The molecule has 0 aromatic rings. The maximum atomic E-state index is 5.15. The molecule has 3 heteroatoms. The van der Waals surface area contributed by atoms with Crippen molar-refractivity contribution in [2.75, 3.05) is 14.2 Å². The Kier molecular flexibility index (Phi) is 5.97. The Labute approximate surface area is 65.1 Å². The summed E-state index contributed by atoms with van der Waals surface area (Å²) >= 11 is 0. The first-order chi connectivity index (χ1) is 4.76. The van der Waals surface area contributed by atoms with E-state index in [1.54, 1.807) is 14.2 Å². The Morgan fingerprint density at radius 3 is 2.10 bits per heavy atom. The fraction of sp³-hybridized carbons (Fsp3) is 1.00. The van der Waals surface area contributed by atoms with Crippen molar-refractivity contribution in [2.45, 2.75) is 31.8 Å². The van der Waals surface area contributed by atoms with E-state index in [2.05, 4.69) is 13.5 Å². The molecule has 0 aliphatic heterocycles. The van der Waals surface area contributed by atoms with Crippen LogP contribution in [0.2, 0.25) is 12.6 Å². The lowest BCUT2D eigenvalue weighted by Crippen LogP contribution is -2.30. The second kappa shape index (κ2) is 5.89. The molecule has 0 aliphatic carbocycles. The highest BCUT2D eigenvalue weighted by Gasteiger charge is 2.15. The van der Waals surface area contributed by atoms with Crippen molar-refractivity contribution in [2.24, 2.45) is 0 Å². The molecule has 0 rings (SSSR count). The topological polar surface area (TPSA) is 18.5 Å². The molecule has 0 spiro atoms. The molecule has 0 saturated carbocycles. The Morgan fingerprint density at radius 2 is 1.80 bits per heavy atom. The van der Waals surface area contributed by atoms with Gasteiger partial charge >= 0.3 is 0 Å². The van der Waals surface area contributed by atoms with Crippen LogP contribution in [-0.2, 0) is 9.47 Å². The van der Waals surface area contributed by atoms with Gasteiger partial charge < -0.3 is 9.47 Å². The average Bonchev–Trinajstić information content (AvgIpc) is 1.91. The molecule has 0 aromatic carbocycles. The normalized spacial score (nSPS) is 14.1. The molecule has 0 radical (unpaired) electrons. The van der Waals surface area contributed by atoms with E-state index < -0.39 is 8.80 Å². The van der Waals surface area contributed by atoms with Crippen LogP contribution in [0.25, 0.3) is 0 Å². The first kappa shape index (κ1) is 10.1. The molecule has 10 heavy (non-hydrogen) atoms. The molecule has 0 N–H and O–H groups in total. The summed E-state index contributed by atoms with van der Waals surface area (Å²) in [5, 5.41) is 0. The summed E-state index contributed by atoms with van der Waals surface area (Å²) in [6.45, 7) is 4.48. The van der Waals surface area contributed by atoms with E-state index in [-0.39, 0.29) is 5.91 Å². The largest absolute Gasteiger partial charge is 0.360 e. The van der Waals surface area contributed by atoms with E-state index in [4.69, 9.17) is 9.47 Å². The Balaban J connectivity index is 3.53. The Morgan fingerprint density at radius 1 is 1.30 bits per heavy atom. The number of methoxy groups -OCH3 is 2. The smallest absolute Gasteiger partial charge is 0.137 e. The first-order valence-electron chi connectivity index (χ1n) is 3.81. The van der Waals surface area contributed by atoms with Crippen LogP contribution in [0.5, 0.6) is 0 Å². The van der Waals surface area contributed by atoms with Gasteiger partial charge in [0.05, 0.1) is 0 Å². The van der Waals surface area contributed by atoms with Crippen LogP contribution in [0.1, 0.15) is 13.3 Å². The lowest BCUT2D eigenvalue weighted by atomic mass is 10.6. The highest BCUT2D eigenvalue weighted by Crippen LogP contribution is 2.05. The summed E-state index contributed by atoms with van der Waals surface area (Å²) in [7, 11) is 2.67. The van der Waals surface area contributed by atoms with Crippen LogP contribution in [-0.4, -0.2) is 28.9 Å². The number of hydrogen-bond acceptors (Lipinski definition) is 2. The van der Waals surface area contributed by atoms with Gasteiger partial charge in [0.1, 0.15) is 14.7 Å². The van der Waals surface area contributed by atoms with Gasteiger partial charge in [-0.1, -0.05) is 25.9 Å². The second-order valence-electron chi connectivity index (χ2n) is 2.61. The Hall–Kier alpha value is 0.137. The molecule has 62 valence electrons. The summed E-state index contributed by atoms with van der Waals surface area (Å²) in [4.78, 5) is 0. The minimum Gasteiger partial charge on any atom is -0.360 e. The van der Waals surface area contributed by atoms with Crippen LogP contribution in [0.4, 0.5) is 0 Å². The first-order valence-corrected chi connectivity index (χ1v) is 6.45. The molecule has 0 aliphatic rings. The Bertz CT molecular complexity index is 74.0. The molecule has 0 aromatic heterocycles.